The van der Waals surface area contributed by atoms with Gasteiger partial charge in [0.15, 0.2) is 0 Å². The van der Waals surface area contributed by atoms with Gasteiger partial charge in [0.1, 0.15) is 5.82 Å². The molecule has 0 fully saturated rings. The molecule has 0 spiro atoms. The molecule has 0 saturated carbocycles. The highest BCUT2D eigenvalue weighted by Crippen LogP contribution is 2.24. The molecule has 0 bridgehead atoms. The van der Waals surface area contributed by atoms with Gasteiger partial charge < -0.3 is 5.32 Å². The fourth-order valence-electron chi connectivity index (χ4n) is 2.13. The minimum absolute atomic E-state index is 0.270. The van der Waals surface area contributed by atoms with Crippen LogP contribution in [0.15, 0.2) is 48.8 Å². The second kappa shape index (κ2) is 5.28. The van der Waals surface area contributed by atoms with Crippen LogP contribution >= 0.6 is 0 Å². The molecule has 3 rings (SSSR count). The van der Waals surface area contributed by atoms with Crippen LogP contribution in [0.1, 0.15) is 16.1 Å². The normalized spacial score (nSPS) is 10.6. The molecular formula is C16H12FN3O. The summed E-state index contributed by atoms with van der Waals surface area (Å²) in [5, 5.41) is 3.37. The Hall–Kier alpha value is -2.82. The van der Waals surface area contributed by atoms with Crippen LogP contribution in [0.5, 0.6) is 0 Å². The van der Waals surface area contributed by atoms with Gasteiger partial charge in [-0.1, -0.05) is 0 Å². The highest BCUT2D eigenvalue weighted by Gasteiger charge is 2.10. The number of halogens is 1. The second-order valence-electron chi connectivity index (χ2n) is 4.66. The summed E-state index contributed by atoms with van der Waals surface area (Å²) in [6.07, 6.45) is 3.09. The lowest BCUT2D eigenvalue weighted by Crippen LogP contribution is -2.12. The second-order valence-corrected chi connectivity index (χ2v) is 4.66. The Morgan fingerprint density at radius 1 is 1.14 bits per heavy atom. The number of hydrogen-bond donors (Lipinski definition) is 1. The SMILES string of the molecule is Cc1cc(NC(=O)c2ccncc2)c2cc(F)ccc2n1. The molecule has 0 unspecified atom stereocenters. The van der Waals surface area contributed by atoms with E-state index >= 15 is 0 Å². The van der Waals surface area contributed by atoms with Crippen LogP contribution in [0.3, 0.4) is 0 Å². The van der Waals surface area contributed by atoms with Gasteiger partial charge in [0.2, 0.25) is 0 Å². The first-order chi connectivity index (χ1) is 10.1. The van der Waals surface area contributed by atoms with Crippen LogP contribution in [-0.2, 0) is 0 Å². The number of fused-ring (bicyclic) bond motifs is 1. The van der Waals surface area contributed by atoms with Crippen LogP contribution in [-0.4, -0.2) is 15.9 Å². The number of carbonyl (C=O) groups is 1. The molecule has 5 heteroatoms. The number of nitrogens with zero attached hydrogens (tertiary/aromatic N) is 2. The third-order valence-corrected chi connectivity index (χ3v) is 3.09. The van der Waals surface area contributed by atoms with E-state index in [9.17, 15) is 9.18 Å². The average Bonchev–Trinajstić information content (AvgIpc) is 2.49. The molecule has 1 amide bonds. The number of nitrogens with one attached hydrogen (secondary N) is 1. The van der Waals surface area contributed by atoms with E-state index in [1.807, 2.05) is 6.92 Å². The molecule has 0 atom stereocenters. The van der Waals surface area contributed by atoms with Gasteiger partial charge in [0, 0.05) is 29.0 Å². The maximum atomic E-state index is 13.4. The standard InChI is InChI=1S/C16H12FN3O/c1-10-8-15(13-9-12(17)2-3-14(13)19-10)20-16(21)11-4-6-18-7-5-11/h2-9H,1H3,(H,19,20,21). The predicted molar refractivity (Wildman–Crippen MR) is 78.6 cm³/mol. The lowest BCUT2D eigenvalue weighted by Gasteiger charge is -2.10. The van der Waals surface area contributed by atoms with Crippen molar-refractivity contribution in [3.05, 3.63) is 65.9 Å². The average molecular weight is 281 g/mol. The third-order valence-electron chi connectivity index (χ3n) is 3.09. The van der Waals surface area contributed by atoms with Gasteiger partial charge >= 0.3 is 0 Å². The molecule has 1 N–H and O–H groups in total. The first kappa shape index (κ1) is 13.2. The van der Waals surface area contributed by atoms with E-state index in [1.54, 1.807) is 36.7 Å². The molecular weight excluding hydrogens is 269 g/mol. The van der Waals surface area contributed by atoms with Crippen LogP contribution in [0.4, 0.5) is 10.1 Å². The molecule has 21 heavy (non-hydrogen) atoms. The van der Waals surface area contributed by atoms with Crippen molar-refractivity contribution in [3.8, 4) is 0 Å². The lowest BCUT2D eigenvalue weighted by atomic mass is 10.1. The van der Waals surface area contributed by atoms with E-state index in [0.29, 0.717) is 22.2 Å². The maximum Gasteiger partial charge on any atom is 0.255 e. The summed E-state index contributed by atoms with van der Waals surface area (Å²) in [6, 6.07) is 9.27. The zero-order valence-electron chi connectivity index (χ0n) is 11.3. The number of carbonyl (C=O) groups excluding carboxylic acids is 1. The summed E-state index contributed by atoms with van der Waals surface area (Å²) in [4.78, 5) is 20.4. The molecule has 104 valence electrons. The third kappa shape index (κ3) is 2.72. The van der Waals surface area contributed by atoms with E-state index in [1.165, 1.54) is 12.1 Å². The summed E-state index contributed by atoms with van der Waals surface area (Å²) < 4.78 is 13.4. The van der Waals surface area contributed by atoms with Gasteiger partial charge in [0.25, 0.3) is 5.91 Å². The Morgan fingerprint density at radius 3 is 2.67 bits per heavy atom. The Labute approximate surface area is 120 Å². The molecule has 2 aromatic heterocycles. The zero-order chi connectivity index (χ0) is 14.8. The molecule has 0 saturated heterocycles. The number of aromatic nitrogens is 2. The number of pyridine rings is 2. The van der Waals surface area contributed by atoms with Crippen molar-refractivity contribution in [2.45, 2.75) is 6.92 Å². The number of hydrogen-bond acceptors (Lipinski definition) is 3. The van der Waals surface area contributed by atoms with Crippen molar-refractivity contribution < 1.29 is 9.18 Å². The van der Waals surface area contributed by atoms with Gasteiger partial charge in [0.05, 0.1) is 11.2 Å². The topological polar surface area (TPSA) is 54.9 Å². The number of rotatable bonds is 2. The molecule has 0 aliphatic rings. The molecule has 4 nitrogen and oxygen atoms in total. The van der Waals surface area contributed by atoms with Gasteiger partial charge in [-0.3, -0.25) is 14.8 Å². The Kier molecular flexibility index (Phi) is 3.31. The summed E-state index contributed by atoms with van der Waals surface area (Å²) in [7, 11) is 0. The quantitative estimate of drug-likeness (QED) is 0.784. The van der Waals surface area contributed by atoms with Gasteiger partial charge in [-0.25, -0.2) is 4.39 Å². The van der Waals surface area contributed by atoms with Gasteiger partial charge in [-0.2, -0.15) is 0 Å². The lowest BCUT2D eigenvalue weighted by molar-refractivity contribution is 0.102. The molecule has 2 heterocycles. The Morgan fingerprint density at radius 2 is 1.90 bits per heavy atom. The number of aryl methyl sites for hydroxylation is 1. The molecule has 0 aliphatic carbocycles. The highest BCUT2D eigenvalue weighted by molar-refractivity contribution is 6.08. The highest BCUT2D eigenvalue weighted by atomic mass is 19.1. The molecule has 0 aliphatic heterocycles. The fraction of sp³-hybridized carbons (Fsp3) is 0.0625. The van der Waals surface area contributed by atoms with Crippen molar-refractivity contribution in [1.82, 2.24) is 9.97 Å². The summed E-state index contributed by atoms with van der Waals surface area (Å²) in [6.45, 7) is 1.82. The number of anilines is 1. The van der Waals surface area contributed by atoms with Crippen LogP contribution in [0.25, 0.3) is 10.9 Å². The van der Waals surface area contributed by atoms with Crippen LogP contribution in [0.2, 0.25) is 0 Å². The summed E-state index contributed by atoms with van der Waals surface area (Å²) >= 11 is 0. The number of benzene rings is 1. The minimum atomic E-state index is -0.368. The van der Waals surface area contributed by atoms with Crippen molar-refractivity contribution >= 4 is 22.5 Å². The monoisotopic (exact) mass is 281 g/mol. The van der Waals surface area contributed by atoms with E-state index < -0.39 is 0 Å². The smallest absolute Gasteiger partial charge is 0.255 e. The zero-order valence-corrected chi connectivity index (χ0v) is 11.3. The number of amides is 1. The summed E-state index contributed by atoms with van der Waals surface area (Å²) in [5.41, 5.74) is 2.42. The van der Waals surface area contributed by atoms with Crippen LogP contribution < -0.4 is 5.32 Å². The largest absolute Gasteiger partial charge is 0.321 e. The molecule has 0 radical (unpaired) electrons. The van der Waals surface area contributed by atoms with E-state index in [0.717, 1.165) is 5.69 Å². The predicted octanol–water partition coefficient (Wildman–Crippen LogP) is 3.33. The van der Waals surface area contributed by atoms with E-state index in [2.05, 4.69) is 15.3 Å². The minimum Gasteiger partial charge on any atom is -0.321 e. The van der Waals surface area contributed by atoms with Gasteiger partial charge in [-0.05, 0) is 43.3 Å². The Bertz CT molecular complexity index is 818. The van der Waals surface area contributed by atoms with E-state index in [4.69, 9.17) is 0 Å². The molecule has 3 aromatic rings. The maximum absolute atomic E-state index is 13.4. The van der Waals surface area contributed by atoms with E-state index in [-0.39, 0.29) is 11.7 Å². The summed E-state index contributed by atoms with van der Waals surface area (Å²) in [5.74, 6) is -0.638. The van der Waals surface area contributed by atoms with Crippen molar-refractivity contribution in [3.63, 3.8) is 0 Å². The van der Waals surface area contributed by atoms with Crippen molar-refractivity contribution in [1.29, 1.82) is 0 Å². The van der Waals surface area contributed by atoms with Crippen molar-refractivity contribution in [2.24, 2.45) is 0 Å². The molecule has 1 aromatic carbocycles. The fourth-order valence-corrected chi connectivity index (χ4v) is 2.13. The first-order valence-corrected chi connectivity index (χ1v) is 6.42. The Balaban J connectivity index is 2.04. The van der Waals surface area contributed by atoms with Crippen LogP contribution in [0, 0.1) is 12.7 Å². The van der Waals surface area contributed by atoms with Gasteiger partial charge in [-0.15, -0.1) is 0 Å². The van der Waals surface area contributed by atoms with Crippen molar-refractivity contribution in [2.75, 3.05) is 5.32 Å². The first-order valence-electron chi connectivity index (χ1n) is 6.42.